The molecule has 5 heteroatoms. The average Bonchev–Trinajstić information content (AvgIpc) is 2.66. The quantitative estimate of drug-likeness (QED) is 0.536. The Bertz CT molecular complexity index is 934. The van der Waals surface area contributed by atoms with E-state index in [1.165, 1.54) is 6.08 Å². The summed E-state index contributed by atoms with van der Waals surface area (Å²) in [6.07, 6.45) is 2.44. The van der Waals surface area contributed by atoms with Crippen molar-refractivity contribution in [3.8, 4) is 0 Å². The summed E-state index contributed by atoms with van der Waals surface area (Å²) in [4.78, 5) is 0. The number of nitrogen functional groups attached to an aromatic ring is 2. The highest BCUT2D eigenvalue weighted by Crippen LogP contribution is 2.43. The fourth-order valence-electron chi connectivity index (χ4n) is 2.91. The molecule has 0 aromatic heterocycles. The van der Waals surface area contributed by atoms with Gasteiger partial charge < -0.3 is 16.0 Å². The molecule has 0 bridgehead atoms. The highest BCUT2D eigenvalue weighted by Gasteiger charge is 2.30. The smallest absolute Gasteiger partial charge is 0.171 e. The molecule has 3 aromatic carbocycles. The molecular weight excluding hydrogens is 346 g/mol. The van der Waals surface area contributed by atoms with E-state index < -0.39 is 7.14 Å². The highest BCUT2D eigenvalue weighted by atomic mass is 31.2. The van der Waals surface area contributed by atoms with E-state index in [4.69, 9.17) is 11.5 Å². The van der Waals surface area contributed by atoms with Crippen LogP contribution in [0.15, 0.2) is 85.2 Å². The Hall–Kier alpha value is -2.84. The largest absolute Gasteiger partial charge is 0.399 e. The standard InChI is InChI=1S/C21H20FN2OP/c22-13-3-4-16-9-11-19(12-10-16)26(25,20-7-1-5-17(23)14-20)21-8-2-6-18(24)15-21/h1-3,5-15H,4,23-24H2. The van der Waals surface area contributed by atoms with E-state index in [0.29, 0.717) is 40.0 Å². The van der Waals surface area contributed by atoms with Crippen molar-refractivity contribution < 1.29 is 8.96 Å². The zero-order valence-corrected chi connectivity index (χ0v) is 15.1. The molecule has 0 aliphatic rings. The molecule has 0 spiro atoms. The van der Waals surface area contributed by atoms with Crippen molar-refractivity contribution >= 4 is 34.4 Å². The Morgan fingerprint density at radius 3 is 1.81 bits per heavy atom. The van der Waals surface area contributed by atoms with Gasteiger partial charge in [0.2, 0.25) is 0 Å². The van der Waals surface area contributed by atoms with Gasteiger partial charge in [0.05, 0.1) is 6.33 Å². The van der Waals surface area contributed by atoms with Crippen LogP contribution in [0.5, 0.6) is 0 Å². The summed E-state index contributed by atoms with van der Waals surface area (Å²) in [5.41, 5.74) is 13.9. The first kappa shape index (κ1) is 18.0. The minimum atomic E-state index is -3.13. The Kier molecular flexibility index (Phi) is 5.24. The van der Waals surface area contributed by atoms with Crippen LogP contribution in [-0.2, 0) is 11.0 Å². The normalized spacial score (nSPS) is 11.7. The molecule has 0 amide bonds. The number of hydrogen-bond donors (Lipinski definition) is 2. The van der Waals surface area contributed by atoms with Gasteiger partial charge in [0.15, 0.2) is 7.14 Å². The predicted molar refractivity (Wildman–Crippen MR) is 109 cm³/mol. The number of nitrogens with two attached hydrogens (primary N) is 2. The minimum Gasteiger partial charge on any atom is -0.399 e. The number of benzene rings is 3. The summed E-state index contributed by atoms with van der Waals surface area (Å²) in [6, 6.07) is 21.6. The van der Waals surface area contributed by atoms with Gasteiger partial charge in [-0.05, 0) is 36.2 Å². The van der Waals surface area contributed by atoms with Crippen LogP contribution >= 0.6 is 7.14 Å². The maximum absolute atomic E-state index is 14.3. The first-order valence-electron chi connectivity index (χ1n) is 8.21. The van der Waals surface area contributed by atoms with Crippen LogP contribution in [0.2, 0.25) is 0 Å². The third-order valence-electron chi connectivity index (χ3n) is 4.21. The Morgan fingerprint density at radius 1 is 0.808 bits per heavy atom. The lowest BCUT2D eigenvalue weighted by molar-refractivity contribution is 0.592. The molecule has 0 unspecified atom stereocenters. The molecule has 0 saturated heterocycles. The Morgan fingerprint density at radius 2 is 1.35 bits per heavy atom. The lowest BCUT2D eigenvalue weighted by Crippen LogP contribution is -2.25. The second-order valence-electron chi connectivity index (χ2n) is 6.03. The van der Waals surface area contributed by atoms with Crippen LogP contribution in [0, 0.1) is 0 Å². The predicted octanol–water partition coefficient (Wildman–Crippen LogP) is 3.52. The number of hydrogen-bond acceptors (Lipinski definition) is 3. The third kappa shape index (κ3) is 3.56. The highest BCUT2D eigenvalue weighted by molar-refractivity contribution is 7.85. The lowest BCUT2D eigenvalue weighted by Gasteiger charge is -2.21. The van der Waals surface area contributed by atoms with E-state index >= 15 is 0 Å². The molecule has 0 saturated carbocycles. The lowest BCUT2D eigenvalue weighted by atomic mass is 10.1. The summed E-state index contributed by atoms with van der Waals surface area (Å²) in [5, 5.41) is 1.99. The van der Waals surface area contributed by atoms with E-state index in [2.05, 4.69) is 0 Å². The molecule has 0 fully saturated rings. The summed E-state index contributed by atoms with van der Waals surface area (Å²) in [7, 11) is -3.13. The van der Waals surface area contributed by atoms with Gasteiger partial charge in [-0.2, -0.15) is 0 Å². The van der Waals surface area contributed by atoms with E-state index in [1.54, 1.807) is 36.4 Å². The zero-order valence-electron chi connectivity index (χ0n) is 14.2. The van der Waals surface area contributed by atoms with Crippen molar-refractivity contribution in [2.75, 3.05) is 11.5 Å². The van der Waals surface area contributed by atoms with Crippen molar-refractivity contribution in [2.45, 2.75) is 6.42 Å². The van der Waals surface area contributed by atoms with Gasteiger partial charge in [0.25, 0.3) is 0 Å². The molecule has 4 N–H and O–H groups in total. The SMILES string of the molecule is Nc1cccc(P(=O)(c2ccc(CC=CF)cc2)c2cccc(N)c2)c1. The van der Waals surface area contributed by atoms with Gasteiger partial charge in [-0.1, -0.05) is 54.6 Å². The molecule has 0 aliphatic carbocycles. The maximum Gasteiger partial charge on any atom is 0.171 e. The van der Waals surface area contributed by atoms with Crippen LogP contribution in [0.25, 0.3) is 0 Å². The Balaban J connectivity index is 2.17. The van der Waals surface area contributed by atoms with Crippen LogP contribution in [0.3, 0.4) is 0 Å². The van der Waals surface area contributed by atoms with Crippen molar-refractivity contribution in [1.29, 1.82) is 0 Å². The summed E-state index contributed by atoms with van der Waals surface area (Å²) in [5.74, 6) is 0. The molecule has 3 rings (SSSR count). The fourth-order valence-corrected chi connectivity index (χ4v) is 5.63. The maximum atomic E-state index is 14.3. The molecule has 0 radical (unpaired) electrons. The van der Waals surface area contributed by atoms with Crippen LogP contribution in [-0.4, -0.2) is 0 Å². The molecule has 3 nitrogen and oxygen atoms in total. The number of rotatable bonds is 5. The van der Waals surface area contributed by atoms with Gasteiger partial charge in [-0.3, -0.25) is 0 Å². The second kappa shape index (κ2) is 7.59. The van der Waals surface area contributed by atoms with E-state index in [-0.39, 0.29) is 0 Å². The zero-order chi connectivity index (χ0) is 18.6. The third-order valence-corrected chi connectivity index (χ3v) is 7.25. The number of anilines is 2. The molecule has 26 heavy (non-hydrogen) atoms. The van der Waals surface area contributed by atoms with Gasteiger partial charge in [-0.25, -0.2) is 4.39 Å². The average molecular weight is 366 g/mol. The molecule has 0 heterocycles. The van der Waals surface area contributed by atoms with Crippen LogP contribution in [0.1, 0.15) is 5.56 Å². The summed E-state index contributed by atoms with van der Waals surface area (Å²) in [6.45, 7) is 0. The molecule has 0 atom stereocenters. The fraction of sp³-hybridized carbons (Fsp3) is 0.0476. The van der Waals surface area contributed by atoms with Gasteiger partial charge in [0.1, 0.15) is 0 Å². The second-order valence-corrected chi connectivity index (χ2v) is 8.80. The summed E-state index contributed by atoms with van der Waals surface area (Å²) < 4.78 is 26.5. The Labute approximate surface area is 152 Å². The van der Waals surface area contributed by atoms with Crippen molar-refractivity contribution in [2.24, 2.45) is 0 Å². The first-order valence-corrected chi connectivity index (χ1v) is 9.91. The van der Waals surface area contributed by atoms with E-state index in [0.717, 1.165) is 5.56 Å². The van der Waals surface area contributed by atoms with E-state index in [9.17, 15) is 8.96 Å². The first-order chi connectivity index (χ1) is 12.5. The van der Waals surface area contributed by atoms with Crippen LogP contribution in [0.4, 0.5) is 15.8 Å². The van der Waals surface area contributed by atoms with Gasteiger partial charge in [0, 0.05) is 27.3 Å². The molecule has 3 aromatic rings. The molecule has 132 valence electrons. The monoisotopic (exact) mass is 366 g/mol. The minimum absolute atomic E-state index is 0.484. The number of halogens is 1. The molecule has 0 aliphatic heterocycles. The van der Waals surface area contributed by atoms with Crippen molar-refractivity contribution in [3.05, 3.63) is 90.8 Å². The topological polar surface area (TPSA) is 69.1 Å². The van der Waals surface area contributed by atoms with Crippen molar-refractivity contribution in [3.63, 3.8) is 0 Å². The van der Waals surface area contributed by atoms with Crippen molar-refractivity contribution in [1.82, 2.24) is 0 Å². The molecular formula is C21H20FN2OP. The van der Waals surface area contributed by atoms with E-state index in [1.807, 2.05) is 36.4 Å². The van der Waals surface area contributed by atoms with Crippen LogP contribution < -0.4 is 27.4 Å². The number of allylic oxidation sites excluding steroid dienone is 1. The van der Waals surface area contributed by atoms with Gasteiger partial charge in [-0.15, -0.1) is 0 Å². The summed E-state index contributed by atoms with van der Waals surface area (Å²) >= 11 is 0. The van der Waals surface area contributed by atoms with Gasteiger partial charge >= 0.3 is 0 Å².